The van der Waals surface area contributed by atoms with Crippen LogP contribution in [0.3, 0.4) is 0 Å². The van der Waals surface area contributed by atoms with Crippen LogP contribution in [0.4, 0.5) is 5.69 Å². The molecule has 1 atom stereocenters. The van der Waals surface area contributed by atoms with E-state index in [1.54, 1.807) is 43.3 Å². The van der Waals surface area contributed by atoms with Gasteiger partial charge in [0.15, 0.2) is 0 Å². The third kappa shape index (κ3) is 4.24. The molecule has 0 bridgehead atoms. The third-order valence-electron chi connectivity index (χ3n) is 4.16. The molecule has 0 saturated carbocycles. The van der Waals surface area contributed by atoms with Crippen LogP contribution in [0, 0.1) is 5.41 Å². The second kappa shape index (κ2) is 8.39. The summed E-state index contributed by atoms with van der Waals surface area (Å²) in [5.41, 5.74) is 2.14. The highest BCUT2D eigenvalue weighted by atomic mass is 79.9. The number of pyridine rings is 1. The summed E-state index contributed by atoms with van der Waals surface area (Å²) in [6, 6.07) is 11.7. The predicted molar refractivity (Wildman–Crippen MR) is 117 cm³/mol. The molecule has 0 spiro atoms. The van der Waals surface area contributed by atoms with Crippen molar-refractivity contribution >= 4 is 73.6 Å². The minimum Gasteiger partial charge on any atom is -0.478 e. The fraction of sp³-hybridized carbons (Fsp3) is 0.100. The van der Waals surface area contributed by atoms with E-state index in [0.29, 0.717) is 38.0 Å². The van der Waals surface area contributed by atoms with Crippen molar-refractivity contribution in [2.24, 2.45) is 4.99 Å². The van der Waals surface area contributed by atoms with E-state index in [9.17, 15) is 9.90 Å². The van der Waals surface area contributed by atoms with Gasteiger partial charge in [-0.15, -0.1) is 0 Å². The molecule has 3 rings (SSSR count). The Morgan fingerprint density at radius 3 is 2.64 bits per heavy atom. The van der Waals surface area contributed by atoms with Crippen molar-refractivity contribution in [2.75, 3.05) is 0 Å². The van der Waals surface area contributed by atoms with Crippen LogP contribution in [0.25, 0.3) is 10.9 Å². The standard InChI is InChI=1S/C20H14BrCl2N3O2/c1-10(25-18-5-3-12(22)7-16(18)23)15(9-24)19-8-14(20(27)28)13-6-11(21)2-4-17(13)26-19/h2-9,15,24H,1H3,(H,27,28). The highest BCUT2D eigenvalue weighted by Gasteiger charge is 2.19. The zero-order chi connectivity index (χ0) is 20.4. The molecule has 142 valence electrons. The van der Waals surface area contributed by atoms with E-state index >= 15 is 0 Å². The summed E-state index contributed by atoms with van der Waals surface area (Å²) in [7, 11) is 0. The molecule has 8 heteroatoms. The fourth-order valence-corrected chi connectivity index (χ4v) is 3.62. The third-order valence-corrected chi connectivity index (χ3v) is 5.19. The molecular weight excluding hydrogens is 465 g/mol. The molecule has 0 fully saturated rings. The Balaban J connectivity index is 2.12. The van der Waals surface area contributed by atoms with Crippen LogP contribution < -0.4 is 0 Å². The molecule has 0 aliphatic rings. The first kappa shape index (κ1) is 20.5. The number of aliphatic imine (C=N–C) groups is 1. The van der Waals surface area contributed by atoms with Crippen molar-refractivity contribution in [1.29, 1.82) is 5.41 Å². The lowest BCUT2D eigenvalue weighted by molar-refractivity contribution is 0.0699. The molecule has 28 heavy (non-hydrogen) atoms. The number of carboxylic acid groups (broad SMARTS) is 1. The smallest absolute Gasteiger partial charge is 0.336 e. The number of aromatic carboxylic acids is 1. The predicted octanol–water partition coefficient (Wildman–Crippen LogP) is 6.53. The molecule has 2 aromatic carbocycles. The minimum atomic E-state index is -1.06. The quantitative estimate of drug-likeness (QED) is 0.408. The van der Waals surface area contributed by atoms with Crippen LogP contribution in [-0.4, -0.2) is 28.0 Å². The molecule has 0 amide bonds. The number of benzene rings is 2. The molecule has 0 aliphatic carbocycles. The van der Waals surface area contributed by atoms with Crippen molar-refractivity contribution < 1.29 is 9.90 Å². The van der Waals surface area contributed by atoms with Crippen LogP contribution in [-0.2, 0) is 0 Å². The fourth-order valence-electron chi connectivity index (χ4n) is 2.81. The molecular formula is C20H14BrCl2N3O2. The Labute approximate surface area is 179 Å². The average Bonchev–Trinajstić information content (AvgIpc) is 2.64. The lowest BCUT2D eigenvalue weighted by Crippen LogP contribution is -2.14. The Morgan fingerprint density at radius 1 is 1.25 bits per heavy atom. The number of rotatable bonds is 5. The maximum Gasteiger partial charge on any atom is 0.336 e. The first-order valence-corrected chi connectivity index (χ1v) is 9.69. The monoisotopic (exact) mass is 477 g/mol. The number of carboxylic acids is 1. The maximum absolute atomic E-state index is 11.8. The van der Waals surface area contributed by atoms with Crippen molar-refractivity contribution in [1.82, 2.24) is 4.98 Å². The first-order valence-electron chi connectivity index (χ1n) is 8.14. The zero-order valence-electron chi connectivity index (χ0n) is 14.6. The Kier molecular flexibility index (Phi) is 6.13. The number of hydrogen-bond acceptors (Lipinski definition) is 4. The number of hydrogen-bond donors (Lipinski definition) is 2. The number of aromatic nitrogens is 1. The summed E-state index contributed by atoms with van der Waals surface area (Å²) in [6.07, 6.45) is 1.18. The highest BCUT2D eigenvalue weighted by molar-refractivity contribution is 9.10. The number of fused-ring (bicyclic) bond motifs is 1. The van der Waals surface area contributed by atoms with Crippen LogP contribution >= 0.6 is 39.1 Å². The minimum absolute atomic E-state index is 0.116. The average molecular weight is 479 g/mol. The number of nitrogens with one attached hydrogen (secondary N) is 1. The SMILES string of the molecule is CC(=Nc1ccc(Cl)cc1Cl)C(C=N)c1cc(C(=O)O)c2cc(Br)ccc2n1. The summed E-state index contributed by atoms with van der Waals surface area (Å²) in [4.78, 5) is 20.8. The lowest BCUT2D eigenvalue weighted by atomic mass is 9.97. The van der Waals surface area contributed by atoms with E-state index in [0.717, 1.165) is 4.47 Å². The summed E-state index contributed by atoms with van der Waals surface area (Å²) >= 11 is 15.4. The Bertz CT molecular complexity index is 1130. The lowest BCUT2D eigenvalue weighted by Gasteiger charge is -2.14. The van der Waals surface area contributed by atoms with E-state index in [2.05, 4.69) is 25.9 Å². The highest BCUT2D eigenvalue weighted by Crippen LogP contribution is 2.30. The van der Waals surface area contributed by atoms with Crippen molar-refractivity contribution in [2.45, 2.75) is 12.8 Å². The van der Waals surface area contributed by atoms with E-state index in [4.69, 9.17) is 28.6 Å². The molecule has 5 nitrogen and oxygen atoms in total. The van der Waals surface area contributed by atoms with Gasteiger partial charge in [-0.1, -0.05) is 39.1 Å². The van der Waals surface area contributed by atoms with Gasteiger partial charge in [0.25, 0.3) is 0 Å². The van der Waals surface area contributed by atoms with Gasteiger partial charge >= 0.3 is 5.97 Å². The topological polar surface area (TPSA) is 86.4 Å². The second-order valence-electron chi connectivity index (χ2n) is 6.05. The number of carbonyl (C=O) groups is 1. The van der Waals surface area contributed by atoms with Gasteiger partial charge in [0.05, 0.1) is 33.4 Å². The van der Waals surface area contributed by atoms with Gasteiger partial charge in [-0.05, 0) is 49.4 Å². The Morgan fingerprint density at radius 2 is 2.00 bits per heavy atom. The molecule has 2 N–H and O–H groups in total. The van der Waals surface area contributed by atoms with Crippen LogP contribution in [0.5, 0.6) is 0 Å². The number of halogens is 3. The summed E-state index contributed by atoms with van der Waals surface area (Å²) < 4.78 is 0.760. The molecule has 0 radical (unpaired) electrons. The van der Waals surface area contributed by atoms with Gasteiger partial charge in [0, 0.05) is 26.8 Å². The normalized spacial score (nSPS) is 12.8. The maximum atomic E-state index is 11.8. The van der Waals surface area contributed by atoms with Gasteiger partial charge in [-0.25, -0.2) is 4.79 Å². The van der Waals surface area contributed by atoms with Crippen molar-refractivity contribution in [3.63, 3.8) is 0 Å². The molecule has 3 aromatic rings. The van der Waals surface area contributed by atoms with E-state index in [1.807, 2.05) is 0 Å². The summed E-state index contributed by atoms with van der Waals surface area (Å²) in [5, 5.41) is 18.9. The summed E-state index contributed by atoms with van der Waals surface area (Å²) in [5.74, 6) is -1.66. The van der Waals surface area contributed by atoms with Gasteiger partial charge in [-0.3, -0.25) is 9.98 Å². The zero-order valence-corrected chi connectivity index (χ0v) is 17.7. The van der Waals surface area contributed by atoms with Gasteiger partial charge in [0.1, 0.15) is 0 Å². The van der Waals surface area contributed by atoms with Gasteiger partial charge < -0.3 is 10.5 Å². The molecule has 1 unspecified atom stereocenters. The molecule has 1 aromatic heterocycles. The largest absolute Gasteiger partial charge is 0.478 e. The van der Waals surface area contributed by atoms with Crippen LogP contribution in [0.1, 0.15) is 28.9 Å². The number of nitrogens with zero attached hydrogens (tertiary/aromatic N) is 2. The molecule has 0 saturated heterocycles. The Hall–Kier alpha value is -2.28. The van der Waals surface area contributed by atoms with Gasteiger partial charge in [0.2, 0.25) is 0 Å². The second-order valence-corrected chi connectivity index (χ2v) is 7.81. The van der Waals surface area contributed by atoms with Crippen molar-refractivity contribution in [3.05, 3.63) is 68.2 Å². The van der Waals surface area contributed by atoms with Crippen LogP contribution in [0.15, 0.2) is 51.9 Å². The van der Waals surface area contributed by atoms with E-state index in [1.165, 1.54) is 12.3 Å². The van der Waals surface area contributed by atoms with E-state index in [-0.39, 0.29) is 5.56 Å². The summed E-state index contributed by atoms with van der Waals surface area (Å²) in [6.45, 7) is 1.74. The van der Waals surface area contributed by atoms with Crippen LogP contribution in [0.2, 0.25) is 10.0 Å². The van der Waals surface area contributed by atoms with Crippen molar-refractivity contribution in [3.8, 4) is 0 Å². The molecule has 0 aliphatic heterocycles. The first-order chi connectivity index (χ1) is 13.3. The van der Waals surface area contributed by atoms with Gasteiger partial charge in [-0.2, -0.15) is 0 Å². The van der Waals surface area contributed by atoms with E-state index < -0.39 is 11.9 Å². The molecule has 1 heterocycles.